The molecule has 1 aliphatic heterocycles. The largest absolute Gasteiger partial charge is 0.378 e. The molecule has 1 N–H and O–H groups in total. The molecule has 1 aliphatic rings. The number of hydrogen-bond donors (Lipinski definition) is 1. The Balaban J connectivity index is 1.45. The lowest BCUT2D eigenvalue weighted by Crippen LogP contribution is -2.26. The van der Waals surface area contributed by atoms with Gasteiger partial charge in [-0.3, -0.25) is 4.18 Å². The summed E-state index contributed by atoms with van der Waals surface area (Å²) < 4.78 is 36.6. The molecule has 2 atom stereocenters. The van der Waals surface area contributed by atoms with Gasteiger partial charge in [0.05, 0.1) is 30.8 Å². The predicted octanol–water partition coefficient (Wildman–Crippen LogP) is 7.88. The first-order valence-corrected chi connectivity index (χ1v) is 16.9. The Hall–Kier alpha value is -2.87. The summed E-state index contributed by atoms with van der Waals surface area (Å²) in [4.78, 5) is 2.54. The maximum absolute atomic E-state index is 12.6. The highest BCUT2D eigenvalue weighted by Crippen LogP contribution is 2.31. The van der Waals surface area contributed by atoms with Crippen molar-refractivity contribution in [3.63, 3.8) is 0 Å². The molecule has 6 nitrogen and oxygen atoms in total. The van der Waals surface area contributed by atoms with Gasteiger partial charge in [0.1, 0.15) is 0 Å². The van der Waals surface area contributed by atoms with E-state index in [2.05, 4.69) is 67.9 Å². The van der Waals surface area contributed by atoms with E-state index in [9.17, 15) is 8.42 Å². The molecule has 0 aliphatic carbocycles. The van der Waals surface area contributed by atoms with E-state index < -0.39 is 10.1 Å². The number of piperidine rings is 1. The fourth-order valence-electron chi connectivity index (χ4n) is 5.17. The van der Waals surface area contributed by atoms with Crippen LogP contribution in [-0.4, -0.2) is 41.3 Å². The highest BCUT2D eigenvalue weighted by molar-refractivity contribution is 7.86. The Morgan fingerprint density at radius 3 is 2.38 bits per heavy atom. The number of anilines is 1. The molecule has 0 bridgehead atoms. The Bertz CT molecular complexity index is 1260. The molecule has 0 radical (unpaired) electrons. The first kappa shape index (κ1) is 33.6. The lowest BCUT2D eigenvalue weighted by atomic mass is 9.92. The fraction of sp³-hybridized carbons (Fsp3) is 0.486. The minimum Gasteiger partial charge on any atom is -0.378 e. The van der Waals surface area contributed by atoms with Gasteiger partial charge in [-0.25, -0.2) is 0 Å². The molecule has 2 aromatic rings. The summed E-state index contributed by atoms with van der Waals surface area (Å²) in [6.07, 6.45) is 12.2. The van der Waals surface area contributed by atoms with Gasteiger partial charge in [-0.2, -0.15) is 8.42 Å². The van der Waals surface area contributed by atoms with Crippen LogP contribution >= 0.6 is 0 Å². The van der Waals surface area contributed by atoms with Crippen molar-refractivity contribution in [2.45, 2.75) is 77.2 Å². The maximum Gasteiger partial charge on any atom is 0.296 e. The third-order valence-electron chi connectivity index (χ3n) is 7.85. The van der Waals surface area contributed by atoms with E-state index in [1.54, 1.807) is 24.3 Å². The maximum atomic E-state index is 12.6. The van der Waals surface area contributed by atoms with Crippen LogP contribution in [0.15, 0.2) is 89.5 Å². The Morgan fingerprint density at radius 2 is 1.74 bits per heavy atom. The van der Waals surface area contributed by atoms with Crippen LogP contribution in [0.3, 0.4) is 0 Å². The molecule has 2 aromatic carbocycles. The second-order valence-corrected chi connectivity index (χ2v) is 12.7. The van der Waals surface area contributed by atoms with Crippen LogP contribution < -0.4 is 10.2 Å². The van der Waals surface area contributed by atoms with Crippen molar-refractivity contribution < 1.29 is 17.3 Å². The lowest BCUT2D eigenvalue weighted by Gasteiger charge is -2.29. The number of aryl methyl sites for hydroxylation is 1. The van der Waals surface area contributed by atoms with Gasteiger partial charge in [0.15, 0.2) is 0 Å². The summed E-state index contributed by atoms with van der Waals surface area (Å²) in [6, 6.07) is 15.9. The van der Waals surface area contributed by atoms with Crippen LogP contribution in [0.25, 0.3) is 0 Å². The number of hydrogen-bond acceptors (Lipinski definition) is 6. The number of benzene rings is 2. The molecule has 1 fully saturated rings. The normalized spacial score (nSPS) is 17.5. The zero-order chi connectivity index (χ0) is 30.4. The van der Waals surface area contributed by atoms with Crippen LogP contribution in [0.1, 0.15) is 76.5 Å². The van der Waals surface area contributed by atoms with E-state index in [1.165, 1.54) is 16.8 Å². The monoisotopic (exact) mass is 594 g/mol. The number of nitrogens with one attached hydrogen (secondary N) is 1. The number of allylic oxidation sites excluding steroid dienone is 3. The summed E-state index contributed by atoms with van der Waals surface area (Å²) in [6.45, 7) is 15.8. The molecule has 0 spiro atoms. The van der Waals surface area contributed by atoms with Gasteiger partial charge in [-0.1, -0.05) is 80.8 Å². The molecular formula is C35H50N2O4S. The average molecular weight is 595 g/mol. The molecule has 0 amide bonds. The SMILES string of the molecule is C=C1N[C@H](c2ccc(N(CC)CC)cc2)CC/C1=C/C=C\COCC(CCCCC)COS(=O)(=O)c1ccc(C)cc1. The lowest BCUT2D eigenvalue weighted by molar-refractivity contribution is 0.0924. The Morgan fingerprint density at radius 1 is 1.02 bits per heavy atom. The van der Waals surface area contributed by atoms with E-state index in [1.807, 2.05) is 19.1 Å². The summed E-state index contributed by atoms with van der Waals surface area (Å²) in [5.41, 5.74) is 5.73. The third-order valence-corrected chi connectivity index (χ3v) is 9.14. The number of unbranched alkanes of at least 4 members (excludes halogenated alkanes) is 2. The molecule has 1 unspecified atom stereocenters. The first-order valence-electron chi connectivity index (χ1n) is 15.5. The van der Waals surface area contributed by atoms with Crippen molar-refractivity contribution in [1.29, 1.82) is 0 Å². The fourth-order valence-corrected chi connectivity index (χ4v) is 6.14. The zero-order valence-corrected chi connectivity index (χ0v) is 26.8. The molecule has 42 heavy (non-hydrogen) atoms. The minimum atomic E-state index is -3.78. The molecular weight excluding hydrogens is 544 g/mol. The van der Waals surface area contributed by atoms with Crippen molar-refractivity contribution >= 4 is 15.8 Å². The van der Waals surface area contributed by atoms with Crippen molar-refractivity contribution in [2.75, 3.05) is 37.8 Å². The molecule has 1 saturated heterocycles. The molecule has 1 heterocycles. The molecule has 0 saturated carbocycles. The second kappa shape index (κ2) is 17.3. The third kappa shape index (κ3) is 10.4. The van der Waals surface area contributed by atoms with Crippen LogP contribution in [0.2, 0.25) is 0 Å². The van der Waals surface area contributed by atoms with Crippen LogP contribution in [0, 0.1) is 12.8 Å². The predicted molar refractivity (Wildman–Crippen MR) is 174 cm³/mol. The summed E-state index contributed by atoms with van der Waals surface area (Å²) >= 11 is 0. The van der Waals surface area contributed by atoms with Crippen LogP contribution in [0.4, 0.5) is 5.69 Å². The van der Waals surface area contributed by atoms with Gasteiger partial charge in [0.2, 0.25) is 0 Å². The molecule has 0 aromatic heterocycles. The van der Waals surface area contributed by atoms with Gasteiger partial charge in [0.25, 0.3) is 10.1 Å². The summed E-state index contributed by atoms with van der Waals surface area (Å²) in [7, 11) is -3.78. The van der Waals surface area contributed by atoms with Gasteiger partial charge < -0.3 is 15.0 Å². The number of nitrogens with zero attached hydrogens (tertiary/aromatic N) is 1. The quantitative estimate of drug-likeness (QED) is 0.148. The van der Waals surface area contributed by atoms with Crippen molar-refractivity contribution in [1.82, 2.24) is 5.32 Å². The van der Waals surface area contributed by atoms with Gasteiger partial charge in [-0.15, -0.1) is 0 Å². The van der Waals surface area contributed by atoms with Crippen LogP contribution in [0.5, 0.6) is 0 Å². The van der Waals surface area contributed by atoms with E-state index >= 15 is 0 Å². The average Bonchev–Trinajstić information content (AvgIpc) is 2.99. The highest BCUT2D eigenvalue weighted by atomic mass is 32.2. The standard InChI is InChI=1S/C35H50N2O4S/c1-6-9-10-13-30(27-41-42(38,39)34-22-15-28(4)16-23-34)26-40-25-12-11-14-31-19-24-35(36-29(31)5)32-17-20-33(21-18-32)37(7-2)8-3/h11-12,14-18,20-23,30,35-36H,5-10,13,19,24-27H2,1-4H3/b12-11-,31-14-/t30?,35-/m0/s1. The smallest absolute Gasteiger partial charge is 0.296 e. The zero-order valence-electron chi connectivity index (χ0n) is 26.0. The Kier molecular flexibility index (Phi) is 13.8. The molecule has 230 valence electrons. The molecule has 3 rings (SSSR count). The number of rotatable bonds is 17. The summed E-state index contributed by atoms with van der Waals surface area (Å²) in [5, 5.41) is 3.59. The second-order valence-electron chi connectivity index (χ2n) is 11.0. The minimum absolute atomic E-state index is 0.0175. The molecule has 7 heteroatoms. The van der Waals surface area contributed by atoms with Gasteiger partial charge in [0, 0.05) is 30.4 Å². The van der Waals surface area contributed by atoms with E-state index in [4.69, 9.17) is 8.92 Å². The van der Waals surface area contributed by atoms with Crippen molar-refractivity contribution in [3.05, 3.63) is 95.7 Å². The van der Waals surface area contributed by atoms with E-state index in [0.717, 1.165) is 62.9 Å². The van der Waals surface area contributed by atoms with Crippen molar-refractivity contribution in [2.24, 2.45) is 5.92 Å². The van der Waals surface area contributed by atoms with Crippen LogP contribution in [-0.2, 0) is 19.0 Å². The van der Waals surface area contributed by atoms with E-state index in [0.29, 0.717) is 13.2 Å². The van der Waals surface area contributed by atoms with Gasteiger partial charge >= 0.3 is 0 Å². The van der Waals surface area contributed by atoms with Gasteiger partial charge in [-0.05, 0) is 75.4 Å². The highest BCUT2D eigenvalue weighted by Gasteiger charge is 2.20. The topological polar surface area (TPSA) is 67.9 Å². The number of ether oxygens (including phenoxy) is 1. The van der Waals surface area contributed by atoms with Crippen molar-refractivity contribution in [3.8, 4) is 0 Å². The van der Waals surface area contributed by atoms with E-state index in [-0.39, 0.29) is 23.5 Å². The Labute approximate surface area is 254 Å². The summed E-state index contributed by atoms with van der Waals surface area (Å²) in [5.74, 6) is 0.0175. The first-order chi connectivity index (χ1) is 20.3.